The molecule has 0 fully saturated rings. The summed E-state index contributed by atoms with van der Waals surface area (Å²) >= 11 is 1.48. The molecule has 2 N–H and O–H groups in total. The molecule has 9 heteroatoms. The van der Waals surface area contributed by atoms with Gasteiger partial charge in [-0.1, -0.05) is 30.0 Å². The van der Waals surface area contributed by atoms with Crippen molar-refractivity contribution in [3.05, 3.63) is 72.3 Å². The summed E-state index contributed by atoms with van der Waals surface area (Å²) in [6, 6.07) is 17.1. The standard InChI is InChI=1S/C21H20N6O2S/c1-29-16-10-8-14(9-11-16)19-24-18(25-26-19)13-22-20(28)17-12-23-21(30-2)27(17)15-6-4-3-5-7-15/h3-12H,13H2,1-2H3,(H,22,28)(H,24,25,26). The van der Waals surface area contributed by atoms with Gasteiger partial charge in [0.15, 0.2) is 11.0 Å². The predicted molar refractivity (Wildman–Crippen MR) is 115 cm³/mol. The number of H-pyrrole nitrogens is 1. The van der Waals surface area contributed by atoms with E-state index in [0.29, 0.717) is 17.3 Å². The fourth-order valence-electron chi connectivity index (χ4n) is 2.96. The van der Waals surface area contributed by atoms with Crippen molar-refractivity contribution in [2.75, 3.05) is 13.4 Å². The Kier molecular flexibility index (Phi) is 5.80. The third kappa shape index (κ3) is 4.06. The van der Waals surface area contributed by atoms with Gasteiger partial charge in [-0.15, -0.1) is 0 Å². The van der Waals surface area contributed by atoms with Crippen LogP contribution in [0.25, 0.3) is 17.1 Å². The monoisotopic (exact) mass is 420 g/mol. The molecule has 0 unspecified atom stereocenters. The number of ether oxygens (including phenoxy) is 1. The van der Waals surface area contributed by atoms with E-state index in [4.69, 9.17) is 4.74 Å². The minimum atomic E-state index is -0.242. The molecule has 4 rings (SSSR count). The number of benzene rings is 2. The maximum atomic E-state index is 12.8. The minimum absolute atomic E-state index is 0.219. The van der Waals surface area contributed by atoms with Gasteiger partial charge < -0.3 is 10.1 Å². The quantitative estimate of drug-likeness (QED) is 0.445. The number of aromatic amines is 1. The number of imidazole rings is 1. The number of nitrogens with one attached hydrogen (secondary N) is 2. The van der Waals surface area contributed by atoms with Crippen LogP contribution in [-0.2, 0) is 6.54 Å². The van der Waals surface area contributed by atoms with Crippen LogP contribution in [-0.4, -0.2) is 44.0 Å². The van der Waals surface area contributed by atoms with Crippen LogP contribution in [0.3, 0.4) is 0 Å². The Hall–Kier alpha value is -3.59. The van der Waals surface area contributed by atoms with Gasteiger partial charge in [0.25, 0.3) is 5.91 Å². The predicted octanol–water partition coefficient (Wildman–Crippen LogP) is 3.32. The summed E-state index contributed by atoms with van der Waals surface area (Å²) in [7, 11) is 1.62. The molecule has 2 heterocycles. The Balaban J connectivity index is 1.48. The van der Waals surface area contributed by atoms with Gasteiger partial charge in [0, 0.05) is 11.3 Å². The highest BCUT2D eigenvalue weighted by atomic mass is 32.2. The fourth-order valence-corrected chi connectivity index (χ4v) is 3.51. The summed E-state index contributed by atoms with van der Waals surface area (Å²) < 4.78 is 7.00. The molecular formula is C21H20N6O2S. The Bertz CT molecular complexity index is 1140. The number of amides is 1. The number of para-hydroxylation sites is 1. The zero-order chi connectivity index (χ0) is 20.9. The molecule has 0 saturated heterocycles. The molecule has 0 spiro atoms. The van der Waals surface area contributed by atoms with Crippen LogP contribution in [0.2, 0.25) is 0 Å². The second kappa shape index (κ2) is 8.83. The smallest absolute Gasteiger partial charge is 0.270 e. The second-order valence-electron chi connectivity index (χ2n) is 6.32. The zero-order valence-corrected chi connectivity index (χ0v) is 17.3. The highest BCUT2D eigenvalue weighted by Gasteiger charge is 2.18. The van der Waals surface area contributed by atoms with Gasteiger partial charge in [-0.2, -0.15) is 5.10 Å². The first-order valence-corrected chi connectivity index (χ1v) is 10.4. The number of aromatic nitrogens is 5. The molecule has 0 atom stereocenters. The van der Waals surface area contributed by atoms with E-state index in [0.717, 1.165) is 22.2 Å². The highest BCUT2D eigenvalue weighted by molar-refractivity contribution is 7.98. The largest absolute Gasteiger partial charge is 0.497 e. The van der Waals surface area contributed by atoms with Gasteiger partial charge in [-0.05, 0) is 42.7 Å². The van der Waals surface area contributed by atoms with Crippen LogP contribution in [0.15, 0.2) is 66.0 Å². The number of methoxy groups -OCH3 is 1. The lowest BCUT2D eigenvalue weighted by Gasteiger charge is -2.10. The van der Waals surface area contributed by atoms with Crippen molar-refractivity contribution in [1.29, 1.82) is 0 Å². The van der Waals surface area contributed by atoms with Crippen LogP contribution in [0.5, 0.6) is 5.75 Å². The molecule has 30 heavy (non-hydrogen) atoms. The maximum Gasteiger partial charge on any atom is 0.270 e. The second-order valence-corrected chi connectivity index (χ2v) is 7.09. The molecular weight excluding hydrogens is 400 g/mol. The van der Waals surface area contributed by atoms with E-state index in [2.05, 4.69) is 25.5 Å². The van der Waals surface area contributed by atoms with E-state index < -0.39 is 0 Å². The number of carbonyl (C=O) groups excluding carboxylic acids is 1. The van der Waals surface area contributed by atoms with Crippen LogP contribution in [0, 0.1) is 0 Å². The number of carbonyl (C=O) groups is 1. The molecule has 0 aliphatic heterocycles. The summed E-state index contributed by atoms with van der Waals surface area (Å²) in [5, 5.41) is 10.7. The maximum absolute atomic E-state index is 12.8. The fraction of sp³-hybridized carbons (Fsp3) is 0.143. The summed E-state index contributed by atoms with van der Waals surface area (Å²) in [4.78, 5) is 21.7. The Morgan fingerprint density at radius 1 is 1.17 bits per heavy atom. The molecule has 0 bridgehead atoms. The molecule has 0 radical (unpaired) electrons. The highest BCUT2D eigenvalue weighted by Crippen LogP contribution is 2.22. The molecule has 4 aromatic rings. The molecule has 2 aromatic heterocycles. The third-order valence-electron chi connectivity index (χ3n) is 4.46. The molecule has 1 amide bonds. The first kappa shape index (κ1) is 19.7. The molecule has 152 valence electrons. The van der Waals surface area contributed by atoms with Crippen molar-refractivity contribution in [2.24, 2.45) is 0 Å². The molecule has 0 saturated carbocycles. The van der Waals surface area contributed by atoms with Gasteiger partial charge in [0.2, 0.25) is 0 Å². The van der Waals surface area contributed by atoms with E-state index in [1.165, 1.54) is 11.8 Å². The van der Waals surface area contributed by atoms with Crippen molar-refractivity contribution in [1.82, 2.24) is 30.0 Å². The Morgan fingerprint density at radius 3 is 2.63 bits per heavy atom. The number of rotatable bonds is 7. The SMILES string of the molecule is COc1ccc(-c2n[nH]c(CNC(=O)c3cnc(SC)n3-c3ccccc3)n2)cc1. The molecule has 0 aliphatic rings. The normalized spacial score (nSPS) is 10.7. The van der Waals surface area contributed by atoms with E-state index in [9.17, 15) is 4.79 Å². The van der Waals surface area contributed by atoms with Crippen LogP contribution in [0.4, 0.5) is 0 Å². The average Bonchev–Trinajstić information content (AvgIpc) is 3.45. The molecule has 2 aromatic carbocycles. The third-order valence-corrected chi connectivity index (χ3v) is 5.11. The number of hydrogen-bond donors (Lipinski definition) is 2. The Labute approximate surface area is 177 Å². The van der Waals surface area contributed by atoms with E-state index in [1.54, 1.807) is 13.3 Å². The summed E-state index contributed by atoms with van der Waals surface area (Å²) in [6.07, 6.45) is 3.51. The number of nitrogens with zero attached hydrogens (tertiary/aromatic N) is 4. The van der Waals surface area contributed by atoms with Gasteiger partial charge >= 0.3 is 0 Å². The van der Waals surface area contributed by atoms with Crippen molar-refractivity contribution in [2.45, 2.75) is 11.7 Å². The lowest BCUT2D eigenvalue weighted by Crippen LogP contribution is -2.25. The summed E-state index contributed by atoms with van der Waals surface area (Å²) in [5.41, 5.74) is 2.20. The molecule has 8 nitrogen and oxygen atoms in total. The van der Waals surface area contributed by atoms with Gasteiger partial charge in [-0.3, -0.25) is 14.5 Å². The van der Waals surface area contributed by atoms with Gasteiger partial charge in [0.05, 0.1) is 19.9 Å². The first-order valence-electron chi connectivity index (χ1n) is 9.20. The summed E-state index contributed by atoms with van der Waals surface area (Å²) in [6.45, 7) is 0.219. The topological polar surface area (TPSA) is 97.7 Å². The van der Waals surface area contributed by atoms with E-state index in [-0.39, 0.29) is 12.5 Å². The van der Waals surface area contributed by atoms with Crippen molar-refractivity contribution >= 4 is 17.7 Å². The minimum Gasteiger partial charge on any atom is -0.497 e. The van der Waals surface area contributed by atoms with E-state index >= 15 is 0 Å². The first-order chi connectivity index (χ1) is 14.7. The van der Waals surface area contributed by atoms with Crippen LogP contribution in [0.1, 0.15) is 16.3 Å². The van der Waals surface area contributed by atoms with Gasteiger partial charge in [0.1, 0.15) is 17.3 Å². The Morgan fingerprint density at radius 2 is 1.93 bits per heavy atom. The molecule has 0 aliphatic carbocycles. The lowest BCUT2D eigenvalue weighted by atomic mass is 10.2. The lowest BCUT2D eigenvalue weighted by molar-refractivity contribution is 0.0942. The zero-order valence-electron chi connectivity index (χ0n) is 16.5. The van der Waals surface area contributed by atoms with Crippen LogP contribution >= 0.6 is 11.8 Å². The summed E-state index contributed by atoms with van der Waals surface area (Å²) in [5.74, 6) is 1.64. The van der Waals surface area contributed by atoms with E-state index in [1.807, 2.05) is 65.4 Å². The average molecular weight is 420 g/mol. The van der Waals surface area contributed by atoms with Crippen molar-refractivity contribution in [3.8, 4) is 22.8 Å². The van der Waals surface area contributed by atoms with Crippen molar-refractivity contribution < 1.29 is 9.53 Å². The number of thioether (sulfide) groups is 1. The number of hydrogen-bond acceptors (Lipinski definition) is 6. The van der Waals surface area contributed by atoms with Gasteiger partial charge in [-0.25, -0.2) is 9.97 Å². The van der Waals surface area contributed by atoms with Crippen LogP contribution < -0.4 is 10.1 Å². The van der Waals surface area contributed by atoms with Crippen molar-refractivity contribution in [3.63, 3.8) is 0 Å².